The second kappa shape index (κ2) is 5.70. The fraction of sp³-hybridized carbons (Fsp3) is 0.417. The number of Topliss-reactive ketones (excluding diaryl/α,β-unsaturated/α-hetero) is 1. The van der Waals surface area contributed by atoms with Gasteiger partial charge >= 0.3 is 0 Å². The second-order valence-corrected chi connectivity index (χ2v) is 3.50. The van der Waals surface area contributed by atoms with Gasteiger partial charge in [0.25, 0.3) is 0 Å². The van der Waals surface area contributed by atoms with Crippen molar-refractivity contribution in [1.82, 2.24) is 0 Å². The van der Waals surface area contributed by atoms with E-state index in [4.69, 9.17) is 4.74 Å². The average Bonchev–Trinajstić information content (AvgIpc) is 2.21. The first-order chi connectivity index (χ1) is 7.57. The first-order valence-electron chi connectivity index (χ1n) is 5.13. The summed E-state index contributed by atoms with van der Waals surface area (Å²) in [7, 11) is 0. The Labute approximate surface area is 93.2 Å². The van der Waals surface area contributed by atoms with Crippen molar-refractivity contribution in [3.63, 3.8) is 0 Å². The molecule has 0 amide bonds. The number of ketones is 1. The lowest BCUT2D eigenvalue weighted by molar-refractivity contribution is -0.129. The van der Waals surface area contributed by atoms with Crippen LogP contribution in [0.2, 0.25) is 0 Å². The predicted molar refractivity (Wildman–Crippen MR) is 56.0 cm³/mol. The van der Waals surface area contributed by atoms with Crippen molar-refractivity contribution in [1.29, 1.82) is 0 Å². The Hall–Kier alpha value is -1.29. The van der Waals surface area contributed by atoms with Gasteiger partial charge in [0.2, 0.25) is 0 Å². The molecule has 0 N–H and O–H groups in total. The maximum Gasteiger partial charge on any atom is 0.163 e. The van der Waals surface area contributed by atoms with Gasteiger partial charge in [-0.2, -0.15) is 0 Å². The Kier molecular flexibility index (Phi) is 4.55. The van der Waals surface area contributed by atoms with Gasteiger partial charge in [-0.1, -0.05) is 13.0 Å². The number of rotatable bonds is 5. The molecular formula is C12H14F2O2. The van der Waals surface area contributed by atoms with Gasteiger partial charge in [0.05, 0.1) is 5.56 Å². The summed E-state index contributed by atoms with van der Waals surface area (Å²) in [6.45, 7) is 3.40. The van der Waals surface area contributed by atoms with Crippen LogP contribution in [0.5, 0.6) is 0 Å². The highest BCUT2D eigenvalue weighted by atomic mass is 19.1. The minimum atomic E-state index is -1.15. The molecule has 1 rings (SSSR count). The average molecular weight is 228 g/mol. The van der Waals surface area contributed by atoms with Crippen molar-refractivity contribution in [2.24, 2.45) is 0 Å². The SMILES string of the molecule is CCCOC(C(C)=O)c1c(F)cccc1F. The summed E-state index contributed by atoms with van der Waals surface area (Å²) in [5.74, 6) is -1.91. The summed E-state index contributed by atoms with van der Waals surface area (Å²) in [6, 6.07) is 3.48. The molecule has 0 saturated carbocycles. The molecule has 1 atom stereocenters. The van der Waals surface area contributed by atoms with Crippen molar-refractivity contribution in [3.05, 3.63) is 35.4 Å². The Morgan fingerprint density at radius 1 is 1.38 bits per heavy atom. The molecule has 0 aliphatic carbocycles. The monoisotopic (exact) mass is 228 g/mol. The lowest BCUT2D eigenvalue weighted by Gasteiger charge is -2.16. The largest absolute Gasteiger partial charge is 0.365 e. The summed E-state index contributed by atoms with van der Waals surface area (Å²) >= 11 is 0. The third-order valence-electron chi connectivity index (χ3n) is 2.12. The molecule has 16 heavy (non-hydrogen) atoms. The third kappa shape index (κ3) is 2.85. The zero-order valence-electron chi connectivity index (χ0n) is 9.30. The highest BCUT2D eigenvalue weighted by molar-refractivity contribution is 5.82. The van der Waals surface area contributed by atoms with E-state index in [0.717, 1.165) is 12.1 Å². The number of ether oxygens (including phenoxy) is 1. The molecule has 1 unspecified atom stereocenters. The molecular weight excluding hydrogens is 214 g/mol. The fourth-order valence-corrected chi connectivity index (χ4v) is 1.40. The van der Waals surface area contributed by atoms with Crippen LogP contribution in [0.4, 0.5) is 8.78 Å². The summed E-state index contributed by atoms with van der Waals surface area (Å²) < 4.78 is 32.0. The summed E-state index contributed by atoms with van der Waals surface area (Å²) in [6.07, 6.45) is -0.471. The zero-order chi connectivity index (χ0) is 12.1. The van der Waals surface area contributed by atoms with Crippen molar-refractivity contribution < 1.29 is 18.3 Å². The van der Waals surface area contributed by atoms with E-state index in [2.05, 4.69) is 0 Å². The molecule has 0 aliphatic heterocycles. The van der Waals surface area contributed by atoms with Gasteiger partial charge in [0.1, 0.15) is 17.7 Å². The molecule has 0 bridgehead atoms. The lowest BCUT2D eigenvalue weighted by atomic mass is 10.0. The maximum atomic E-state index is 13.4. The summed E-state index contributed by atoms with van der Waals surface area (Å²) in [5, 5.41) is 0. The Balaban J connectivity index is 3.05. The minimum absolute atomic E-state index is 0.290. The normalized spacial score (nSPS) is 12.5. The van der Waals surface area contributed by atoms with Crippen molar-refractivity contribution in [2.45, 2.75) is 26.4 Å². The van der Waals surface area contributed by atoms with E-state index in [9.17, 15) is 13.6 Å². The fourth-order valence-electron chi connectivity index (χ4n) is 1.40. The van der Waals surface area contributed by atoms with Crippen LogP contribution < -0.4 is 0 Å². The highest BCUT2D eigenvalue weighted by Gasteiger charge is 2.24. The van der Waals surface area contributed by atoms with E-state index in [-0.39, 0.29) is 12.2 Å². The molecule has 0 aliphatic rings. The van der Waals surface area contributed by atoms with Gasteiger partial charge in [0, 0.05) is 6.61 Å². The second-order valence-electron chi connectivity index (χ2n) is 3.50. The zero-order valence-corrected chi connectivity index (χ0v) is 9.30. The summed E-state index contributed by atoms with van der Waals surface area (Å²) in [4.78, 5) is 11.3. The van der Waals surface area contributed by atoms with Crippen LogP contribution in [-0.2, 0) is 9.53 Å². The highest BCUT2D eigenvalue weighted by Crippen LogP contribution is 2.24. The Bertz CT molecular complexity index is 357. The summed E-state index contributed by atoms with van der Waals surface area (Å²) in [5.41, 5.74) is -0.302. The molecule has 0 heterocycles. The first-order valence-corrected chi connectivity index (χ1v) is 5.13. The molecule has 0 saturated heterocycles. The molecule has 0 aromatic heterocycles. The quantitative estimate of drug-likeness (QED) is 0.774. The van der Waals surface area contributed by atoms with Crippen LogP contribution in [0.3, 0.4) is 0 Å². The molecule has 0 spiro atoms. The topological polar surface area (TPSA) is 26.3 Å². The number of hydrogen-bond donors (Lipinski definition) is 0. The standard InChI is InChI=1S/C12H14F2O2/c1-3-7-16-12(8(2)15)11-9(13)5-4-6-10(11)14/h4-6,12H,3,7H2,1-2H3. The van der Waals surface area contributed by atoms with E-state index >= 15 is 0 Å². The van der Waals surface area contributed by atoms with E-state index in [0.29, 0.717) is 6.42 Å². The lowest BCUT2D eigenvalue weighted by Crippen LogP contribution is -2.16. The Morgan fingerprint density at radius 2 is 1.94 bits per heavy atom. The molecule has 88 valence electrons. The van der Waals surface area contributed by atoms with Crippen LogP contribution in [0.15, 0.2) is 18.2 Å². The first kappa shape index (κ1) is 12.8. The molecule has 1 aromatic carbocycles. The molecule has 0 fully saturated rings. The number of carbonyl (C=O) groups excluding carboxylic acids is 1. The van der Waals surface area contributed by atoms with Crippen molar-refractivity contribution in [2.75, 3.05) is 6.61 Å². The van der Waals surface area contributed by atoms with Gasteiger partial charge in [-0.05, 0) is 25.5 Å². The third-order valence-corrected chi connectivity index (χ3v) is 2.12. The molecule has 4 heteroatoms. The van der Waals surface area contributed by atoms with Crippen LogP contribution >= 0.6 is 0 Å². The number of halogens is 2. The Morgan fingerprint density at radius 3 is 2.38 bits per heavy atom. The minimum Gasteiger partial charge on any atom is -0.365 e. The predicted octanol–water partition coefficient (Wildman–Crippen LogP) is 3.02. The van der Waals surface area contributed by atoms with Gasteiger partial charge in [-0.3, -0.25) is 4.79 Å². The molecule has 2 nitrogen and oxygen atoms in total. The van der Waals surface area contributed by atoms with E-state index in [1.807, 2.05) is 6.92 Å². The number of benzene rings is 1. The van der Waals surface area contributed by atoms with E-state index in [1.165, 1.54) is 13.0 Å². The van der Waals surface area contributed by atoms with E-state index in [1.54, 1.807) is 0 Å². The van der Waals surface area contributed by atoms with Crippen molar-refractivity contribution in [3.8, 4) is 0 Å². The van der Waals surface area contributed by atoms with Gasteiger partial charge in [-0.25, -0.2) is 8.78 Å². The van der Waals surface area contributed by atoms with Crippen LogP contribution in [-0.4, -0.2) is 12.4 Å². The number of carbonyl (C=O) groups is 1. The van der Waals surface area contributed by atoms with Gasteiger partial charge in [0.15, 0.2) is 5.78 Å². The van der Waals surface area contributed by atoms with Crippen LogP contribution in [0, 0.1) is 11.6 Å². The molecule has 0 radical (unpaired) electrons. The molecule has 1 aromatic rings. The van der Waals surface area contributed by atoms with Crippen molar-refractivity contribution >= 4 is 5.78 Å². The van der Waals surface area contributed by atoms with Gasteiger partial charge in [-0.15, -0.1) is 0 Å². The van der Waals surface area contributed by atoms with Gasteiger partial charge < -0.3 is 4.74 Å². The van der Waals surface area contributed by atoms with E-state index < -0.39 is 23.5 Å². The smallest absolute Gasteiger partial charge is 0.163 e. The van der Waals surface area contributed by atoms with Crippen LogP contribution in [0.1, 0.15) is 31.9 Å². The number of hydrogen-bond acceptors (Lipinski definition) is 2. The van der Waals surface area contributed by atoms with Crippen LogP contribution in [0.25, 0.3) is 0 Å². The maximum absolute atomic E-state index is 13.4.